The van der Waals surface area contributed by atoms with Crippen LogP contribution in [0.3, 0.4) is 0 Å². The van der Waals surface area contributed by atoms with Crippen molar-refractivity contribution in [3.05, 3.63) is 18.1 Å². The molecule has 102 valence electrons. The summed E-state index contributed by atoms with van der Waals surface area (Å²) in [4.78, 5) is 25.1. The van der Waals surface area contributed by atoms with E-state index in [0.717, 1.165) is 44.8 Å². The van der Waals surface area contributed by atoms with E-state index in [1.54, 1.807) is 12.4 Å². The molecule has 5 nitrogen and oxygen atoms in total. The third-order valence-corrected chi connectivity index (χ3v) is 3.93. The first-order chi connectivity index (χ1) is 9.34. The van der Waals surface area contributed by atoms with Crippen LogP contribution in [0.25, 0.3) is 0 Å². The summed E-state index contributed by atoms with van der Waals surface area (Å²) >= 11 is 0. The molecule has 0 atom stereocenters. The first-order valence-corrected chi connectivity index (χ1v) is 7.21. The molecule has 0 N–H and O–H groups in total. The number of likely N-dealkylation sites (tertiary alicyclic amines) is 1. The molecule has 1 amide bonds. The molecule has 2 saturated heterocycles. The smallest absolute Gasteiger partial charge is 0.274 e. The molecule has 3 heterocycles. The minimum atomic E-state index is 0.0279. The number of rotatable bonds is 2. The lowest BCUT2D eigenvalue weighted by atomic mass is 10.1. The fraction of sp³-hybridized carbons (Fsp3) is 0.643. The molecule has 0 aliphatic carbocycles. The van der Waals surface area contributed by atoms with E-state index in [9.17, 15) is 4.79 Å². The first kappa shape index (κ1) is 12.4. The minimum Gasteiger partial charge on any atom is -0.355 e. The van der Waals surface area contributed by atoms with Crippen LogP contribution in [-0.2, 0) is 0 Å². The van der Waals surface area contributed by atoms with E-state index in [1.807, 2.05) is 4.90 Å². The van der Waals surface area contributed by atoms with E-state index in [-0.39, 0.29) is 5.91 Å². The molecule has 1 aromatic rings. The van der Waals surface area contributed by atoms with Gasteiger partial charge in [-0.1, -0.05) is 0 Å². The largest absolute Gasteiger partial charge is 0.355 e. The molecule has 0 unspecified atom stereocenters. The van der Waals surface area contributed by atoms with Crippen LogP contribution in [0.5, 0.6) is 0 Å². The highest BCUT2D eigenvalue weighted by molar-refractivity contribution is 5.92. The molecule has 2 fully saturated rings. The van der Waals surface area contributed by atoms with E-state index in [0.29, 0.717) is 5.69 Å². The fourth-order valence-corrected chi connectivity index (χ4v) is 2.80. The van der Waals surface area contributed by atoms with Crippen molar-refractivity contribution in [2.24, 2.45) is 0 Å². The molecule has 2 aliphatic rings. The Labute approximate surface area is 113 Å². The molecule has 0 radical (unpaired) electrons. The zero-order chi connectivity index (χ0) is 13.1. The second-order valence-corrected chi connectivity index (χ2v) is 5.31. The monoisotopic (exact) mass is 260 g/mol. The van der Waals surface area contributed by atoms with Gasteiger partial charge in [0.15, 0.2) is 0 Å². The van der Waals surface area contributed by atoms with Crippen LogP contribution < -0.4 is 4.90 Å². The molecule has 3 rings (SSSR count). The van der Waals surface area contributed by atoms with Gasteiger partial charge in [-0.05, 0) is 32.1 Å². The summed E-state index contributed by atoms with van der Waals surface area (Å²) < 4.78 is 0. The van der Waals surface area contributed by atoms with Crippen LogP contribution in [0.4, 0.5) is 5.82 Å². The lowest BCUT2D eigenvalue weighted by molar-refractivity contribution is 0.0718. The van der Waals surface area contributed by atoms with Gasteiger partial charge in [-0.2, -0.15) is 0 Å². The van der Waals surface area contributed by atoms with Gasteiger partial charge in [0.2, 0.25) is 0 Å². The Balaban J connectivity index is 1.69. The fourth-order valence-electron chi connectivity index (χ4n) is 2.80. The van der Waals surface area contributed by atoms with Gasteiger partial charge in [0.05, 0.1) is 12.4 Å². The topological polar surface area (TPSA) is 49.3 Å². The van der Waals surface area contributed by atoms with Crippen molar-refractivity contribution >= 4 is 11.7 Å². The van der Waals surface area contributed by atoms with E-state index >= 15 is 0 Å². The lowest BCUT2D eigenvalue weighted by Gasteiger charge is -2.26. The predicted octanol–water partition coefficient (Wildman–Crippen LogP) is 1.70. The number of amides is 1. The second-order valence-electron chi connectivity index (χ2n) is 5.31. The van der Waals surface area contributed by atoms with Gasteiger partial charge in [-0.25, -0.2) is 9.97 Å². The third kappa shape index (κ3) is 2.69. The van der Waals surface area contributed by atoms with Gasteiger partial charge in [-0.15, -0.1) is 0 Å². The predicted molar refractivity (Wildman–Crippen MR) is 73.2 cm³/mol. The number of hydrogen-bond donors (Lipinski definition) is 0. The van der Waals surface area contributed by atoms with Gasteiger partial charge in [0.1, 0.15) is 11.5 Å². The van der Waals surface area contributed by atoms with E-state index < -0.39 is 0 Å². The summed E-state index contributed by atoms with van der Waals surface area (Å²) in [6.07, 6.45) is 9.23. The van der Waals surface area contributed by atoms with Gasteiger partial charge >= 0.3 is 0 Å². The number of carbonyl (C=O) groups excluding carboxylic acids is 1. The highest BCUT2D eigenvalue weighted by Crippen LogP contribution is 2.17. The van der Waals surface area contributed by atoms with Crippen LogP contribution in [0.15, 0.2) is 12.4 Å². The Morgan fingerprint density at radius 1 is 0.895 bits per heavy atom. The molecule has 1 aromatic heterocycles. The number of piperidine rings is 1. The molecule has 0 saturated carbocycles. The van der Waals surface area contributed by atoms with Crippen molar-refractivity contribution in [3.63, 3.8) is 0 Å². The maximum atomic E-state index is 12.2. The summed E-state index contributed by atoms with van der Waals surface area (Å²) in [7, 11) is 0. The highest BCUT2D eigenvalue weighted by Gasteiger charge is 2.20. The number of aromatic nitrogens is 2. The zero-order valence-electron chi connectivity index (χ0n) is 11.2. The van der Waals surface area contributed by atoms with Crippen molar-refractivity contribution in [2.75, 3.05) is 31.1 Å². The van der Waals surface area contributed by atoms with Crippen LogP contribution in [0, 0.1) is 0 Å². The average molecular weight is 260 g/mol. The number of carbonyl (C=O) groups is 1. The average Bonchev–Trinajstić information content (AvgIpc) is 3.02. The third-order valence-electron chi connectivity index (χ3n) is 3.93. The quantitative estimate of drug-likeness (QED) is 0.812. The zero-order valence-corrected chi connectivity index (χ0v) is 11.2. The molecule has 0 bridgehead atoms. The molecular weight excluding hydrogens is 240 g/mol. The van der Waals surface area contributed by atoms with E-state index in [2.05, 4.69) is 14.9 Å². The summed E-state index contributed by atoms with van der Waals surface area (Å²) in [6.45, 7) is 3.81. The Morgan fingerprint density at radius 3 is 2.21 bits per heavy atom. The van der Waals surface area contributed by atoms with Crippen molar-refractivity contribution in [3.8, 4) is 0 Å². The van der Waals surface area contributed by atoms with Gasteiger partial charge in [0, 0.05) is 26.2 Å². The van der Waals surface area contributed by atoms with Crippen molar-refractivity contribution in [1.82, 2.24) is 14.9 Å². The Hall–Kier alpha value is -1.65. The van der Waals surface area contributed by atoms with Gasteiger partial charge < -0.3 is 9.80 Å². The normalized spacial score (nSPS) is 19.8. The van der Waals surface area contributed by atoms with E-state index in [4.69, 9.17) is 0 Å². The highest BCUT2D eigenvalue weighted by atomic mass is 16.2. The summed E-state index contributed by atoms with van der Waals surface area (Å²) in [5.41, 5.74) is 0.477. The SMILES string of the molecule is O=C(c1cnc(N2CCCC2)cn1)N1CCCCC1. The Kier molecular flexibility index (Phi) is 3.62. The lowest BCUT2D eigenvalue weighted by Crippen LogP contribution is -2.36. The minimum absolute atomic E-state index is 0.0279. The number of anilines is 1. The summed E-state index contributed by atoms with van der Waals surface area (Å²) in [6, 6.07) is 0. The molecule has 0 aromatic carbocycles. The van der Waals surface area contributed by atoms with Gasteiger partial charge in [-0.3, -0.25) is 4.79 Å². The number of nitrogens with zero attached hydrogens (tertiary/aromatic N) is 4. The Bertz CT molecular complexity index is 433. The van der Waals surface area contributed by atoms with Crippen molar-refractivity contribution < 1.29 is 4.79 Å². The summed E-state index contributed by atoms with van der Waals surface area (Å²) in [5, 5.41) is 0. The maximum Gasteiger partial charge on any atom is 0.274 e. The van der Waals surface area contributed by atoms with Crippen LogP contribution in [0.1, 0.15) is 42.6 Å². The molecular formula is C14H20N4O. The number of hydrogen-bond acceptors (Lipinski definition) is 4. The van der Waals surface area contributed by atoms with Crippen molar-refractivity contribution in [1.29, 1.82) is 0 Å². The maximum absolute atomic E-state index is 12.2. The standard InChI is InChI=1S/C14H20N4O/c19-14(18-8-2-1-3-9-18)12-10-16-13(11-15-12)17-6-4-5-7-17/h10-11H,1-9H2. The molecule has 19 heavy (non-hydrogen) atoms. The van der Waals surface area contributed by atoms with Crippen LogP contribution >= 0.6 is 0 Å². The Morgan fingerprint density at radius 2 is 1.58 bits per heavy atom. The molecule has 5 heteroatoms. The van der Waals surface area contributed by atoms with Crippen molar-refractivity contribution in [2.45, 2.75) is 32.1 Å². The summed E-state index contributed by atoms with van der Waals surface area (Å²) in [5.74, 6) is 0.924. The van der Waals surface area contributed by atoms with Crippen LogP contribution in [-0.4, -0.2) is 47.0 Å². The molecule has 2 aliphatic heterocycles. The van der Waals surface area contributed by atoms with Crippen LogP contribution in [0.2, 0.25) is 0 Å². The van der Waals surface area contributed by atoms with Gasteiger partial charge in [0.25, 0.3) is 5.91 Å². The second kappa shape index (κ2) is 5.55. The van der Waals surface area contributed by atoms with E-state index in [1.165, 1.54) is 19.3 Å². The first-order valence-electron chi connectivity index (χ1n) is 7.21. The molecule has 0 spiro atoms.